The number of aromatic nitrogens is 3. The van der Waals surface area contributed by atoms with Crippen LogP contribution in [-0.2, 0) is 4.79 Å². The summed E-state index contributed by atoms with van der Waals surface area (Å²) >= 11 is 19.7. The highest BCUT2D eigenvalue weighted by molar-refractivity contribution is 7.99. The van der Waals surface area contributed by atoms with Gasteiger partial charge in [0.2, 0.25) is 5.91 Å². The van der Waals surface area contributed by atoms with E-state index in [1.54, 1.807) is 28.8 Å². The molecule has 30 heavy (non-hydrogen) atoms. The zero-order chi connectivity index (χ0) is 21.3. The molecule has 1 amide bonds. The molecule has 1 aromatic heterocycles. The molecule has 0 bridgehead atoms. The summed E-state index contributed by atoms with van der Waals surface area (Å²) in [5.41, 5.74) is 1.16. The second-order valence-electron chi connectivity index (χ2n) is 6.74. The standard InChI is InChI=1S/C20H16Cl3FN4OS/c21-12-3-5-14(15(22)9-12)19-25-26-20(30-11-18(29)27-7-1-2-8-27)28(19)13-4-6-17(24)16(23)10-13/h3-6,9-10H,1-2,7-8,11H2. The number of carbonyl (C=O) groups excluding carboxylic acids is 1. The van der Waals surface area contributed by atoms with E-state index in [-0.39, 0.29) is 16.7 Å². The van der Waals surface area contributed by atoms with Gasteiger partial charge in [0.15, 0.2) is 11.0 Å². The molecule has 1 fully saturated rings. The first-order chi connectivity index (χ1) is 14.4. The summed E-state index contributed by atoms with van der Waals surface area (Å²) in [6, 6.07) is 9.38. The first-order valence-electron chi connectivity index (χ1n) is 9.21. The van der Waals surface area contributed by atoms with Crippen molar-refractivity contribution in [3.05, 3.63) is 57.3 Å². The molecule has 1 aliphatic rings. The lowest BCUT2D eigenvalue weighted by atomic mass is 10.2. The molecule has 1 saturated heterocycles. The van der Waals surface area contributed by atoms with Crippen LogP contribution in [0.1, 0.15) is 12.8 Å². The van der Waals surface area contributed by atoms with Crippen molar-refractivity contribution >= 4 is 52.5 Å². The Bertz CT molecular complexity index is 1100. The number of thioether (sulfide) groups is 1. The molecule has 4 rings (SSSR count). The van der Waals surface area contributed by atoms with Crippen LogP contribution in [0.15, 0.2) is 41.6 Å². The van der Waals surface area contributed by atoms with Crippen LogP contribution in [-0.4, -0.2) is 44.4 Å². The van der Waals surface area contributed by atoms with Crippen molar-refractivity contribution in [2.75, 3.05) is 18.8 Å². The third kappa shape index (κ3) is 4.44. The highest BCUT2D eigenvalue weighted by atomic mass is 35.5. The van der Waals surface area contributed by atoms with Gasteiger partial charge >= 0.3 is 0 Å². The van der Waals surface area contributed by atoms with E-state index in [1.807, 2.05) is 4.90 Å². The number of hydrogen-bond donors (Lipinski definition) is 0. The minimum absolute atomic E-state index is 0.0292. The Morgan fingerprint density at radius 1 is 1.03 bits per heavy atom. The van der Waals surface area contributed by atoms with Crippen molar-refractivity contribution in [2.45, 2.75) is 18.0 Å². The van der Waals surface area contributed by atoms with Crippen molar-refractivity contribution < 1.29 is 9.18 Å². The summed E-state index contributed by atoms with van der Waals surface area (Å²) in [7, 11) is 0. The van der Waals surface area contributed by atoms with Gasteiger partial charge in [-0.3, -0.25) is 9.36 Å². The van der Waals surface area contributed by atoms with Crippen LogP contribution in [0, 0.1) is 5.82 Å². The normalized spacial score (nSPS) is 13.8. The molecule has 3 aromatic rings. The van der Waals surface area contributed by atoms with E-state index in [2.05, 4.69) is 10.2 Å². The van der Waals surface area contributed by atoms with Gasteiger partial charge in [0.25, 0.3) is 0 Å². The lowest BCUT2D eigenvalue weighted by Crippen LogP contribution is -2.29. The summed E-state index contributed by atoms with van der Waals surface area (Å²) < 4.78 is 15.4. The van der Waals surface area contributed by atoms with Gasteiger partial charge in [-0.15, -0.1) is 10.2 Å². The van der Waals surface area contributed by atoms with Crippen LogP contribution in [0.25, 0.3) is 17.1 Å². The average molecular weight is 486 g/mol. The Morgan fingerprint density at radius 3 is 2.50 bits per heavy atom. The Hall–Kier alpha value is -1.80. The number of carbonyl (C=O) groups is 1. The van der Waals surface area contributed by atoms with Gasteiger partial charge < -0.3 is 4.90 Å². The van der Waals surface area contributed by atoms with Gasteiger partial charge in [0.05, 0.1) is 21.5 Å². The zero-order valence-electron chi connectivity index (χ0n) is 15.6. The largest absolute Gasteiger partial charge is 0.342 e. The van der Waals surface area contributed by atoms with Crippen LogP contribution >= 0.6 is 46.6 Å². The predicted octanol–water partition coefficient (Wildman–Crippen LogP) is 5.75. The number of amides is 1. The molecular formula is C20H16Cl3FN4OS. The van der Waals surface area contributed by atoms with Gasteiger partial charge in [-0.2, -0.15) is 0 Å². The second-order valence-corrected chi connectivity index (χ2v) is 8.93. The monoisotopic (exact) mass is 484 g/mol. The number of benzene rings is 2. The maximum absolute atomic E-state index is 13.7. The molecule has 0 atom stereocenters. The summed E-state index contributed by atoms with van der Waals surface area (Å²) in [5, 5.41) is 9.88. The van der Waals surface area contributed by atoms with Gasteiger partial charge in [-0.25, -0.2) is 4.39 Å². The molecule has 0 saturated carbocycles. The van der Waals surface area contributed by atoms with E-state index in [0.29, 0.717) is 32.3 Å². The third-order valence-electron chi connectivity index (χ3n) is 4.75. The Morgan fingerprint density at radius 2 is 1.80 bits per heavy atom. The lowest BCUT2D eigenvalue weighted by Gasteiger charge is -2.15. The predicted molar refractivity (Wildman–Crippen MR) is 118 cm³/mol. The van der Waals surface area contributed by atoms with Crippen molar-refractivity contribution in [1.82, 2.24) is 19.7 Å². The number of nitrogens with zero attached hydrogens (tertiary/aromatic N) is 4. The maximum Gasteiger partial charge on any atom is 0.233 e. The molecule has 10 heteroatoms. The molecule has 0 aliphatic carbocycles. The summed E-state index contributed by atoms with van der Waals surface area (Å²) in [4.78, 5) is 14.3. The first kappa shape index (κ1) is 21.4. The third-order valence-corrected chi connectivity index (χ3v) is 6.50. The van der Waals surface area contributed by atoms with E-state index in [4.69, 9.17) is 34.8 Å². The van der Waals surface area contributed by atoms with Gasteiger partial charge in [-0.05, 0) is 49.2 Å². The zero-order valence-corrected chi connectivity index (χ0v) is 18.7. The van der Waals surface area contributed by atoms with Gasteiger partial charge in [0, 0.05) is 23.7 Å². The SMILES string of the molecule is O=C(CSc1nnc(-c2ccc(Cl)cc2Cl)n1-c1ccc(F)c(Cl)c1)N1CCCC1. The van der Waals surface area contributed by atoms with E-state index >= 15 is 0 Å². The molecular weight excluding hydrogens is 470 g/mol. The molecule has 2 aromatic carbocycles. The minimum Gasteiger partial charge on any atom is -0.342 e. The van der Waals surface area contributed by atoms with Gasteiger partial charge in [0.1, 0.15) is 5.82 Å². The molecule has 156 valence electrons. The van der Waals surface area contributed by atoms with Crippen LogP contribution in [0.4, 0.5) is 4.39 Å². The average Bonchev–Trinajstić information content (AvgIpc) is 3.38. The fourth-order valence-corrected chi connectivity index (χ4v) is 4.77. The Labute approximate surface area is 192 Å². The van der Waals surface area contributed by atoms with Crippen molar-refractivity contribution in [2.24, 2.45) is 0 Å². The van der Waals surface area contributed by atoms with Gasteiger partial charge in [-0.1, -0.05) is 46.6 Å². The molecule has 0 radical (unpaired) electrons. The van der Waals surface area contributed by atoms with Crippen molar-refractivity contribution in [3.8, 4) is 17.1 Å². The Balaban J connectivity index is 1.73. The van der Waals surface area contributed by atoms with E-state index in [0.717, 1.165) is 25.9 Å². The van der Waals surface area contributed by atoms with Crippen molar-refractivity contribution in [3.63, 3.8) is 0 Å². The highest BCUT2D eigenvalue weighted by Gasteiger charge is 2.22. The smallest absolute Gasteiger partial charge is 0.233 e. The quantitative estimate of drug-likeness (QED) is 0.432. The molecule has 2 heterocycles. The van der Waals surface area contributed by atoms with Crippen molar-refractivity contribution in [1.29, 1.82) is 0 Å². The molecule has 5 nitrogen and oxygen atoms in total. The first-order valence-corrected chi connectivity index (χ1v) is 11.3. The topological polar surface area (TPSA) is 51.0 Å². The maximum atomic E-state index is 13.7. The molecule has 0 N–H and O–H groups in total. The fourth-order valence-electron chi connectivity index (χ4n) is 3.25. The lowest BCUT2D eigenvalue weighted by molar-refractivity contribution is -0.127. The number of halogens is 4. The number of rotatable bonds is 5. The summed E-state index contributed by atoms with van der Waals surface area (Å²) in [6.45, 7) is 1.57. The summed E-state index contributed by atoms with van der Waals surface area (Å²) in [5.74, 6) is 0.185. The second kappa shape index (κ2) is 9.14. The van der Waals surface area contributed by atoms with E-state index in [9.17, 15) is 9.18 Å². The highest BCUT2D eigenvalue weighted by Crippen LogP contribution is 2.34. The Kier molecular flexibility index (Phi) is 6.53. The molecule has 0 spiro atoms. The fraction of sp³-hybridized carbons (Fsp3) is 0.250. The van der Waals surface area contributed by atoms with E-state index in [1.165, 1.54) is 23.9 Å². The van der Waals surface area contributed by atoms with Crippen LogP contribution in [0.2, 0.25) is 15.1 Å². The van der Waals surface area contributed by atoms with Crippen LogP contribution in [0.5, 0.6) is 0 Å². The van der Waals surface area contributed by atoms with Crippen LogP contribution in [0.3, 0.4) is 0 Å². The minimum atomic E-state index is -0.530. The molecule has 1 aliphatic heterocycles. The molecule has 0 unspecified atom stereocenters. The van der Waals surface area contributed by atoms with Crippen LogP contribution < -0.4 is 0 Å². The van der Waals surface area contributed by atoms with E-state index < -0.39 is 5.82 Å². The number of hydrogen-bond acceptors (Lipinski definition) is 4. The summed E-state index contributed by atoms with van der Waals surface area (Å²) in [6.07, 6.45) is 2.06. The number of likely N-dealkylation sites (tertiary alicyclic amines) is 1.